The van der Waals surface area contributed by atoms with Gasteiger partial charge >= 0.3 is 6.18 Å². The van der Waals surface area contributed by atoms with Crippen LogP contribution in [0.1, 0.15) is 11.1 Å². The summed E-state index contributed by atoms with van der Waals surface area (Å²) in [5, 5.41) is 0. The quantitative estimate of drug-likeness (QED) is 0.308. The summed E-state index contributed by atoms with van der Waals surface area (Å²) in [7, 11) is 0. The Morgan fingerprint density at radius 1 is 1.25 bits per heavy atom. The third-order valence-electron chi connectivity index (χ3n) is 1.86. The SMILES string of the molecule is NNC(N)=NCc1ccc(C(F)(F)F)cc1. The second kappa shape index (κ2) is 4.84. The Balaban J connectivity index is 2.73. The monoisotopic (exact) mass is 232 g/mol. The lowest BCUT2D eigenvalue weighted by atomic mass is 10.1. The molecule has 1 rings (SSSR count). The molecule has 0 radical (unpaired) electrons. The molecule has 0 aliphatic heterocycles. The van der Waals surface area contributed by atoms with Gasteiger partial charge in [-0.15, -0.1) is 0 Å². The van der Waals surface area contributed by atoms with E-state index in [4.69, 9.17) is 11.6 Å². The third-order valence-corrected chi connectivity index (χ3v) is 1.86. The van der Waals surface area contributed by atoms with E-state index in [-0.39, 0.29) is 12.5 Å². The van der Waals surface area contributed by atoms with Crippen LogP contribution >= 0.6 is 0 Å². The largest absolute Gasteiger partial charge is 0.416 e. The van der Waals surface area contributed by atoms with Gasteiger partial charge in [0.1, 0.15) is 0 Å². The van der Waals surface area contributed by atoms with E-state index in [1.54, 1.807) is 0 Å². The van der Waals surface area contributed by atoms with Crippen molar-refractivity contribution in [3.8, 4) is 0 Å². The minimum absolute atomic E-state index is 0.0277. The first-order valence-electron chi connectivity index (χ1n) is 4.36. The Kier molecular flexibility index (Phi) is 3.73. The minimum Gasteiger partial charge on any atom is -0.369 e. The number of benzene rings is 1. The van der Waals surface area contributed by atoms with Gasteiger partial charge in [-0.1, -0.05) is 12.1 Å². The number of hydrogen-bond donors (Lipinski definition) is 3. The van der Waals surface area contributed by atoms with Crippen molar-refractivity contribution >= 4 is 5.96 Å². The van der Waals surface area contributed by atoms with Gasteiger partial charge in [0.25, 0.3) is 0 Å². The molecule has 5 N–H and O–H groups in total. The number of halogens is 3. The summed E-state index contributed by atoms with van der Waals surface area (Å²) in [5.74, 6) is 4.99. The first kappa shape index (κ1) is 12.3. The van der Waals surface area contributed by atoms with E-state index < -0.39 is 11.7 Å². The number of guanidine groups is 1. The maximum absolute atomic E-state index is 12.2. The van der Waals surface area contributed by atoms with Gasteiger partial charge in [-0.25, -0.2) is 10.8 Å². The minimum atomic E-state index is -4.32. The number of alkyl halides is 3. The van der Waals surface area contributed by atoms with Crippen LogP contribution in [-0.4, -0.2) is 5.96 Å². The van der Waals surface area contributed by atoms with Crippen LogP contribution in [0, 0.1) is 0 Å². The molecule has 0 aromatic heterocycles. The average molecular weight is 232 g/mol. The standard InChI is InChI=1S/C9H11F3N4/c10-9(11,12)7-3-1-6(2-4-7)5-15-8(13)16-14/h1-4H,5,14H2,(H3,13,15,16). The molecule has 0 heterocycles. The number of rotatable bonds is 2. The van der Waals surface area contributed by atoms with Crippen molar-refractivity contribution in [2.24, 2.45) is 16.6 Å². The van der Waals surface area contributed by atoms with E-state index in [9.17, 15) is 13.2 Å². The lowest BCUT2D eigenvalue weighted by Gasteiger charge is -2.06. The van der Waals surface area contributed by atoms with E-state index in [0.717, 1.165) is 12.1 Å². The van der Waals surface area contributed by atoms with Crippen molar-refractivity contribution in [3.05, 3.63) is 35.4 Å². The molecule has 0 unspecified atom stereocenters. The summed E-state index contributed by atoms with van der Waals surface area (Å²) in [6.07, 6.45) is -4.32. The van der Waals surface area contributed by atoms with Gasteiger partial charge in [-0.2, -0.15) is 13.2 Å². The molecule has 1 aromatic rings. The molecule has 0 aliphatic rings. The van der Waals surface area contributed by atoms with Crippen molar-refractivity contribution in [2.75, 3.05) is 0 Å². The molecule has 7 heteroatoms. The number of nitrogens with one attached hydrogen (secondary N) is 1. The summed E-state index contributed by atoms with van der Waals surface area (Å²) < 4.78 is 36.6. The van der Waals surface area contributed by atoms with Crippen LogP contribution in [-0.2, 0) is 12.7 Å². The number of hydrogen-bond acceptors (Lipinski definition) is 2. The molecule has 88 valence electrons. The van der Waals surface area contributed by atoms with E-state index in [2.05, 4.69) is 10.4 Å². The summed E-state index contributed by atoms with van der Waals surface area (Å²) in [5.41, 5.74) is 7.30. The molecule has 0 fully saturated rings. The highest BCUT2D eigenvalue weighted by atomic mass is 19.4. The summed E-state index contributed by atoms with van der Waals surface area (Å²) in [6, 6.07) is 4.68. The maximum Gasteiger partial charge on any atom is 0.416 e. The number of hydrazine groups is 1. The fourth-order valence-electron chi connectivity index (χ4n) is 1.02. The Morgan fingerprint density at radius 3 is 2.25 bits per heavy atom. The molecule has 1 aromatic carbocycles. The van der Waals surface area contributed by atoms with Crippen molar-refractivity contribution in [1.82, 2.24) is 5.43 Å². The third kappa shape index (κ3) is 3.43. The van der Waals surface area contributed by atoms with Crippen LogP contribution in [0.15, 0.2) is 29.3 Å². The van der Waals surface area contributed by atoms with E-state index in [1.807, 2.05) is 0 Å². The topological polar surface area (TPSA) is 76.4 Å². The molecule has 0 spiro atoms. The molecule has 16 heavy (non-hydrogen) atoms. The second-order valence-corrected chi connectivity index (χ2v) is 3.04. The fraction of sp³-hybridized carbons (Fsp3) is 0.222. The summed E-state index contributed by atoms with van der Waals surface area (Å²) in [6.45, 7) is 0.175. The van der Waals surface area contributed by atoms with Gasteiger partial charge in [0, 0.05) is 0 Å². The first-order valence-corrected chi connectivity index (χ1v) is 4.36. The van der Waals surface area contributed by atoms with E-state index in [0.29, 0.717) is 5.56 Å². The smallest absolute Gasteiger partial charge is 0.369 e. The van der Waals surface area contributed by atoms with Gasteiger partial charge < -0.3 is 5.73 Å². The normalized spacial score (nSPS) is 12.6. The first-order chi connectivity index (χ1) is 7.43. The Hall–Kier alpha value is -1.76. The van der Waals surface area contributed by atoms with Crippen LogP contribution in [0.3, 0.4) is 0 Å². The zero-order chi connectivity index (χ0) is 12.2. The van der Waals surface area contributed by atoms with Crippen LogP contribution in [0.2, 0.25) is 0 Å². The highest BCUT2D eigenvalue weighted by molar-refractivity contribution is 5.77. The molecule has 0 aliphatic carbocycles. The number of nitrogens with two attached hydrogens (primary N) is 2. The molecule has 0 atom stereocenters. The summed E-state index contributed by atoms with van der Waals surface area (Å²) in [4.78, 5) is 3.78. The van der Waals surface area contributed by atoms with Crippen LogP contribution in [0.4, 0.5) is 13.2 Å². The Morgan fingerprint density at radius 2 is 1.81 bits per heavy atom. The van der Waals surface area contributed by atoms with Crippen molar-refractivity contribution in [3.63, 3.8) is 0 Å². The molecular weight excluding hydrogens is 221 g/mol. The predicted octanol–water partition coefficient (Wildman–Crippen LogP) is 0.983. The van der Waals surface area contributed by atoms with E-state index in [1.165, 1.54) is 12.1 Å². The lowest BCUT2D eigenvalue weighted by molar-refractivity contribution is -0.137. The second-order valence-electron chi connectivity index (χ2n) is 3.04. The predicted molar refractivity (Wildman–Crippen MR) is 54.1 cm³/mol. The van der Waals surface area contributed by atoms with Crippen LogP contribution in [0.25, 0.3) is 0 Å². The molecule has 0 amide bonds. The molecular formula is C9H11F3N4. The van der Waals surface area contributed by atoms with Gasteiger partial charge in [-0.05, 0) is 17.7 Å². The van der Waals surface area contributed by atoms with Crippen molar-refractivity contribution in [2.45, 2.75) is 12.7 Å². The zero-order valence-electron chi connectivity index (χ0n) is 8.25. The fourth-order valence-corrected chi connectivity index (χ4v) is 1.02. The average Bonchev–Trinajstić information content (AvgIpc) is 2.25. The highest BCUT2D eigenvalue weighted by Crippen LogP contribution is 2.29. The maximum atomic E-state index is 12.2. The van der Waals surface area contributed by atoms with Gasteiger partial charge in [0.05, 0.1) is 12.1 Å². The number of aliphatic imine (C=N–C) groups is 1. The lowest BCUT2D eigenvalue weighted by Crippen LogP contribution is -2.37. The highest BCUT2D eigenvalue weighted by Gasteiger charge is 2.29. The molecule has 0 saturated heterocycles. The molecule has 0 saturated carbocycles. The Labute approximate surface area is 90.1 Å². The van der Waals surface area contributed by atoms with Crippen LogP contribution in [0.5, 0.6) is 0 Å². The number of nitrogens with zero attached hydrogens (tertiary/aromatic N) is 1. The van der Waals surface area contributed by atoms with Gasteiger partial charge in [0.2, 0.25) is 5.96 Å². The Bertz CT molecular complexity index is 369. The van der Waals surface area contributed by atoms with Crippen LogP contribution < -0.4 is 17.0 Å². The summed E-state index contributed by atoms with van der Waals surface area (Å²) >= 11 is 0. The van der Waals surface area contributed by atoms with E-state index >= 15 is 0 Å². The molecule has 0 bridgehead atoms. The zero-order valence-corrected chi connectivity index (χ0v) is 8.25. The van der Waals surface area contributed by atoms with Gasteiger partial charge in [-0.3, -0.25) is 5.43 Å². The van der Waals surface area contributed by atoms with Crippen molar-refractivity contribution in [1.29, 1.82) is 0 Å². The molecule has 4 nitrogen and oxygen atoms in total. The van der Waals surface area contributed by atoms with Gasteiger partial charge in [0.15, 0.2) is 0 Å². The van der Waals surface area contributed by atoms with Crippen molar-refractivity contribution < 1.29 is 13.2 Å².